The van der Waals surface area contributed by atoms with E-state index in [1.54, 1.807) is 24.3 Å². The van der Waals surface area contributed by atoms with E-state index < -0.39 is 11.9 Å². The molecule has 1 amide bonds. The number of amides is 1. The second-order valence-corrected chi connectivity index (χ2v) is 6.67. The Balaban J connectivity index is 1.99. The second-order valence-electron chi connectivity index (χ2n) is 5.57. The van der Waals surface area contributed by atoms with Gasteiger partial charge in [0.1, 0.15) is 5.00 Å². The number of carbonyl (C=O) groups is 3. The Hall–Kier alpha value is -2.67. The van der Waals surface area contributed by atoms with Crippen LogP contribution in [0.3, 0.4) is 0 Å². The number of aryl methyl sites for hydroxylation is 1. The number of nitrogens with one attached hydrogen (secondary N) is 1. The van der Waals surface area contributed by atoms with E-state index in [0.29, 0.717) is 29.0 Å². The molecular weight excluding hydrogens is 342 g/mol. The maximum atomic E-state index is 12.4. The Morgan fingerprint density at radius 1 is 1.12 bits per heavy atom. The van der Waals surface area contributed by atoms with Gasteiger partial charge in [-0.15, -0.1) is 11.3 Å². The normalized spacial score (nSPS) is 15.4. The first kappa shape index (κ1) is 17.2. The predicted molar refractivity (Wildman–Crippen MR) is 93.1 cm³/mol. The summed E-state index contributed by atoms with van der Waals surface area (Å²) in [6.07, 6.45) is 1.25. The topological polar surface area (TPSA) is 81.7 Å². The summed E-state index contributed by atoms with van der Waals surface area (Å²) in [4.78, 5) is 37.7. The SMILES string of the molecule is COC(=O)c1c(NC(=O)c2ccccc2)sc2c1C(C(=O)OC)CC2. The number of hydrogen-bond acceptors (Lipinski definition) is 6. The molecule has 0 saturated heterocycles. The summed E-state index contributed by atoms with van der Waals surface area (Å²) < 4.78 is 9.72. The highest BCUT2D eigenvalue weighted by Crippen LogP contribution is 2.45. The van der Waals surface area contributed by atoms with Crippen molar-refractivity contribution in [1.29, 1.82) is 0 Å². The highest BCUT2D eigenvalue weighted by molar-refractivity contribution is 7.17. The first-order valence-corrected chi connectivity index (χ1v) is 8.56. The molecule has 1 heterocycles. The van der Waals surface area contributed by atoms with Crippen LogP contribution in [0.5, 0.6) is 0 Å². The van der Waals surface area contributed by atoms with Crippen molar-refractivity contribution in [3.05, 3.63) is 51.9 Å². The van der Waals surface area contributed by atoms with Crippen molar-refractivity contribution in [3.63, 3.8) is 0 Å². The molecule has 0 spiro atoms. The van der Waals surface area contributed by atoms with Crippen LogP contribution in [0.2, 0.25) is 0 Å². The van der Waals surface area contributed by atoms with Gasteiger partial charge in [-0.2, -0.15) is 0 Å². The minimum absolute atomic E-state index is 0.250. The Labute approximate surface area is 148 Å². The van der Waals surface area contributed by atoms with Gasteiger partial charge >= 0.3 is 11.9 Å². The van der Waals surface area contributed by atoms with Gasteiger partial charge in [0.15, 0.2) is 0 Å². The lowest BCUT2D eigenvalue weighted by molar-refractivity contribution is -0.142. The van der Waals surface area contributed by atoms with Crippen LogP contribution in [0, 0.1) is 0 Å². The van der Waals surface area contributed by atoms with Gasteiger partial charge in [0, 0.05) is 10.4 Å². The summed E-state index contributed by atoms with van der Waals surface area (Å²) in [6, 6.07) is 8.71. The van der Waals surface area contributed by atoms with E-state index >= 15 is 0 Å². The maximum absolute atomic E-state index is 12.4. The third kappa shape index (κ3) is 3.15. The molecule has 0 saturated carbocycles. The summed E-state index contributed by atoms with van der Waals surface area (Å²) >= 11 is 1.31. The fraction of sp³-hybridized carbons (Fsp3) is 0.278. The van der Waals surface area contributed by atoms with Crippen LogP contribution in [0.1, 0.15) is 43.5 Å². The summed E-state index contributed by atoms with van der Waals surface area (Å²) in [5.41, 5.74) is 1.35. The summed E-state index contributed by atoms with van der Waals surface area (Å²) in [6.45, 7) is 0. The minimum Gasteiger partial charge on any atom is -0.469 e. The molecule has 1 aliphatic carbocycles. The van der Waals surface area contributed by atoms with Gasteiger partial charge in [-0.25, -0.2) is 4.79 Å². The number of anilines is 1. The molecule has 1 aromatic carbocycles. The number of benzene rings is 1. The van der Waals surface area contributed by atoms with Crippen molar-refractivity contribution < 1.29 is 23.9 Å². The molecule has 130 valence electrons. The number of methoxy groups -OCH3 is 2. The van der Waals surface area contributed by atoms with Crippen LogP contribution in [0.25, 0.3) is 0 Å². The molecule has 0 fully saturated rings. The molecule has 3 rings (SSSR count). The molecule has 1 unspecified atom stereocenters. The van der Waals surface area contributed by atoms with Crippen molar-refractivity contribution in [2.75, 3.05) is 19.5 Å². The molecule has 7 heteroatoms. The van der Waals surface area contributed by atoms with Crippen molar-refractivity contribution in [2.45, 2.75) is 18.8 Å². The van der Waals surface area contributed by atoms with E-state index in [9.17, 15) is 14.4 Å². The van der Waals surface area contributed by atoms with Crippen molar-refractivity contribution in [3.8, 4) is 0 Å². The molecule has 1 aliphatic rings. The predicted octanol–water partition coefficient (Wildman–Crippen LogP) is 2.99. The monoisotopic (exact) mass is 359 g/mol. The average Bonchev–Trinajstić information content (AvgIpc) is 3.19. The third-order valence-electron chi connectivity index (χ3n) is 4.17. The quantitative estimate of drug-likeness (QED) is 0.849. The van der Waals surface area contributed by atoms with Crippen LogP contribution >= 0.6 is 11.3 Å². The van der Waals surface area contributed by atoms with Gasteiger partial charge in [-0.05, 0) is 30.5 Å². The van der Waals surface area contributed by atoms with Crippen LogP contribution in [-0.4, -0.2) is 32.1 Å². The van der Waals surface area contributed by atoms with Crippen molar-refractivity contribution >= 4 is 34.2 Å². The fourth-order valence-electron chi connectivity index (χ4n) is 3.00. The van der Waals surface area contributed by atoms with E-state index in [1.807, 2.05) is 6.07 Å². The Morgan fingerprint density at radius 2 is 1.84 bits per heavy atom. The molecule has 0 bridgehead atoms. The van der Waals surface area contributed by atoms with Crippen molar-refractivity contribution in [2.24, 2.45) is 0 Å². The van der Waals surface area contributed by atoms with Crippen LogP contribution < -0.4 is 5.32 Å². The number of thiophene rings is 1. The average molecular weight is 359 g/mol. The number of rotatable bonds is 4. The fourth-order valence-corrected chi connectivity index (χ4v) is 4.26. The molecule has 6 nitrogen and oxygen atoms in total. The smallest absolute Gasteiger partial charge is 0.341 e. The Bertz CT molecular complexity index is 827. The largest absolute Gasteiger partial charge is 0.469 e. The molecule has 25 heavy (non-hydrogen) atoms. The third-order valence-corrected chi connectivity index (χ3v) is 5.35. The lowest BCUT2D eigenvalue weighted by atomic mass is 9.99. The van der Waals surface area contributed by atoms with Gasteiger partial charge in [0.05, 0.1) is 25.7 Å². The van der Waals surface area contributed by atoms with Gasteiger partial charge in [0.2, 0.25) is 0 Å². The Kier molecular flexibility index (Phi) is 4.85. The van der Waals surface area contributed by atoms with Gasteiger partial charge < -0.3 is 14.8 Å². The second kappa shape index (κ2) is 7.06. The van der Waals surface area contributed by atoms with E-state index in [1.165, 1.54) is 25.6 Å². The van der Waals surface area contributed by atoms with E-state index in [2.05, 4.69) is 5.32 Å². The molecule has 2 aromatic rings. The molecule has 1 aromatic heterocycles. The van der Waals surface area contributed by atoms with E-state index in [0.717, 1.165) is 4.88 Å². The molecule has 1 N–H and O–H groups in total. The zero-order valence-electron chi connectivity index (χ0n) is 13.8. The highest BCUT2D eigenvalue weighted by atomic mass is 32.1. The molecule has 1 atom stereocenters. The molecular formula is C18H17NO5S. The number of fused-ring (bicyclic) bond motifs is 1. The van der Waals surface area contributed by atoms with E-state index in [4.69, 9.17) is 9.47 Å². The lowest BCUT2D eigenvalue weighted by Crippen LogP contribution is -2.17. The molecule has 0 aliphatic heterocycles. The van der Waals surface area contributed by atoms with Crippen molar-refractivity contribution in [1.82, 2.24) is 0 Å². The highest BCUT2D eigenvalue weighted by Gasteiger charge is 2.38. The molecule has 0 radical (unpaired) electrons. The standard InChI is InChI=1S/C18H17NO5S/c1-23-17(21)11-8-9-12-13(11)14(18(22)24-2)16(25-12)19-15(20)10-6-4-3-5-7-10/h3-7,11H,8-9H2,1-2H3,(H,19,20). The summed E-state index contributed by atoms with van der Waals surface area (Å²) in [5, 5.41) is 3.18. The van der Waals surface area contributed by atoms with Crippen LogP contribution in [0.15, 0.2) is 30.3 Å². The Morgan fingerprint density at radius 3 is 2.48 bits per heavy atom. The number of esters is 2. The summed E-state index contributed by atoms with van der Waals surface area (Å²) in [5.74, 6) is -1.78. The minimum atomic E-state index is -0.573. The lowest BCUT2D eigenvalue weighted by Gasteiger charge is -2.11. The van der Waals surface area contributed by atoms with Gasteiger partial charge in [-0.1, -0.05) is 18.2 Å². The first-order chi connectivity index (χ1) is 12.1. The first-order valence-electron chi connectivity index (χ1n) is 7.75. The number of ether oxygens (including phenoxy) is 2. The zero-order valence-corrected chi connectivity index (χ0v) is 14.6. The van der Waals surface area contributed by atoms with Gasteiger partial charge in [0.25, 0.3) is 5.91 Å². The van der Waals surface area contributed by atoms with E-state index in [-0.39, 0.29) is 17.4 Å². The number of carbonyl (C=O) groups excluding carboxylic acids is 3. The zero-order chi connectivity index (χ0) is 18.0. The summed E-state index contributed by atoms with van der Waals surface area (Å²) in [7, 11) is 2.60. The maximum Gasteiger partial charge on any atom is 0.341 e. The van der Waals surface area contributed by atoms with Gasteiger partial charge in [-0.3, -0.25) is 9.59 Å². The number of hydrogen-bond donors (Lipinski definition) is 1. The van der Waals surface area contributed by atoms with Crippen LogP contribution in [-0.2, 0) is 20.7 Å². The van der Waals surface area contributed by atoms with Crippen LogP contribution in [0.4, 0.5) is 5.00 Å².